The Balaban J connectivity index is 1.25. The fraction of sp³-hybridized carbons (Fsp3) is 0.800. The molecule has 2 saturated heterocycles. The number of rotatable bonds is 4. The van der Waals surface area contributed by atoms with Crippen molar-refractivity contribution in [2.45, 2.75) is 63.8 Å². The van der Waals surface area contributed by atoms with Crippen LogP contribution in [0, 0.1) is 11.8 Å². The van der Waals surface area contributed by atoms with E-state index in [1.54, 1.807) is 4.90 Å². The fourth-order valence-electron chi connectivity index (χ4n) is 5.05. The largest absolute Gasteiger partial charge is 0.351 e. The summed E-state index contributed by atoms with van der Waals surface area (Å²) in [6.45, 7) is 3.61. The maximum Gasteiger partial charge on any atom is 0.314 e. The van der Waals surface area contributed by atoms with Gasteiger partial charge in [0.2, 0.25) is 5.91 Å². The lowest BCUT2D eigenvalue weighted by atomic mass is 9.93. The molecule has 3 heterocycles. The first-order valence-corrected chi connectivity index (χ1v) is 10.8. The Morgan fingerprint density at radius 2 is 1.75 bits per heavy atom. The minimum absolute atomic E-state index is 0.0953. The standard InChI is InChI=1S/C20H32N6O2/c21-20(28)25-9-3-6-17(13-25)19(27)24-10-7-15(8-11-24)12-26-14-18(22-23-26)16-4-1-2-5-16/h14-17H,1-13H2,(H2,21,28)/t17-/m0/s1. The van der Waals surface area contributed by atoms with E-state index >= 15 is 0 Å². The Hall–Kier alpha value is -2.12. The third-order valence-corrected chi connectivity index (χ3v) is 6.78. The van der Waals surface area contributed by atoms with Crippen LogP contribution in [-0.2, 0) is 11.3 Å². The van der Waals surface area contributed by atoms with Gasteiger partial charge < -0.3 is 15.5 Å². The van der Waals surface area contributed by atoms with Crippen LogP contribution in [0.25, 0.3) is 0 Å². The number of hydrogen-bond acceptors (Lipinski definition) is 4. The van der Waals surface area contributed by atoms with Crippen molar-refractivity contribution in [2.75, 3.05) is 26.2 Å². The highest BCUT2D eigenvalue weighted by Crippen LogP contribution is 2.32. The van der Waals surface area contributed by atoms with Crippen LogP contribution in [-0.4, -0.2) is 62.9 Å². The number of hydrogen-bond donors (Lipinski definition) is 1. The lowest BCUT2D eigenvalue weighted by Gasteiger charge is -2.37. The maximum absolute atomic E-state index is 12.9. The highest BCUT2D eigenvalue weighted by Gasteiger charge is 2.32. The Kier molecular flexibility index (Phi) is 5.82. The molecule has 3 fully saturated rings. The van der Waals surface area contributed by atoms with E-state index in [1.807, 2.05) is 9.58 Å². The van der Waals surface area contributed by atoms with E-state index in [4.69, 9.17) is 5.73 Å². The average Bonchev–Trinajstić information content (AvgIpc) is 3.40. The number of primary amides is 1. The lowest BCUT2D eigenvalue weighted by molar-refractivity contribution is -0.138. The summed E-state index contributed by atoms with van der Waals surface area (Å²) in [4.78, 5) is 27.9. The van der Waals surface area contributed by atoms with Crippen LogP contribution in [0.1, 0.15) is 63.0 Å². The van der Waals surface area contributed by atoms with Crippen LogP contribution in [0.5, 0.6) is 0 Å². The van der Waals surface area contributed by atoms with Crippen molar-refractivity contribution < 1.29 is 9.59 Å². The zero-order chi connectivity index (χ0) is 19.5. The monoisotopic (exact) mass is 388 g/mol. The predicted molar refractivity (Wildman–Crippen MR) is 104 cm³/mol. The number of carbonyl (C=O) groups excluding carboxylic acids is 2. The van der Waals surface area contributed by atoms with Crippen LogP contribution >= 0.6 is 0 Å². The van der Waals surface area contributed by atoms with Crippen LogP contribution in [0.3, 0.4) is 0 Å². The van der Waals surface area contributed by atoms with E-state index in [0.29, 0.717) is 24.9 Å². The second kappa shape index (κ2) is 8.49. The van der Waals surface area contributed by atoms with E-state index in [2.05, 4.69) is 16.5 Å². The van der Waals surface area contributed by atoms with Crippen LogP contribution in [0.4, 0.5) is 4.79 Å². The molecule has 1 saturated carbocycles. The third kappa shape index (κ3) is 4.31. The van der Waals surface area contributed by atoms with Gasteiger partial charge in [0.15, 0.2) is 0 Å². The third-order valence-electron chi connectivity index (χ3n) is 6.78. The van der Waals surface area contributed by atoms with Crippen molar-refractivity contribution in [1.29, 1.82) is 0 Å². The summed E-state index contributed by atoms with van der Waals surface area (Å²) >= 11 is 0. The predicted octanol–water partition coefficient (Wildman–Crippen LogP) is 1.96. The molecule has 154 valence electrons. The van der Waals surface area contributed by atoms with Gasteiger partial charge in [0, 0.05) is 44.8 Å². The fourth-order valence-corrected chi connectivity index (χ4v) is 5.05. The van der Waals surface area contributed by atoms with Gasteiger partial charge in [-0.15, -0.1) is 5.10 Å². The molecule has 3 aliphatic rings. The highest BCUT2D eigenvalue weighted by atomic mass is 16.2. The molecule has 0 radical (unpaired) electrons. The average molecular weight is 389 g/mol. The molecule has 3 amide bonds. The van der Waals surface area contributed by atoms with E-state index in [1.165, 1.54) is 25.7 Å². The summed E-state index contributed by atoms with van der Waals surface area (Å²) in [5.74, 6) is 1.23. The lowest BCUT2D eigenvalue weighted by Crippen LogP contribution is -2.49. The van der Waals surface area contributed by atoms with Crippen molar-refractivity contribution in [2.24, 2.45) is 17.6 Å². The molecule has 28 heavy (non-hydrogen) atoms. The number of urea groups is 1. The normalized spacial score (nSPS) is 24.6. The van der Waals surface area contributed by atoms with Gasteiger partial charge in [0.1, 0.15) is 0 Å². The smallest absolute Gasteiger partial charge is 0.314 e. The zero-order valence-corrected chi connectivity index (χ0v) is 16.6. The van der Waals surface area contributed by atoms with Gasteiger partial charge in [-0.25, -0.2) is 4.79 Å². The van der Waals surface area contributed by atoms with E-state index in [0.717, 1.165) is 51.0 Å². The molecule has 1 aliphatic carbocycles. The molecule has 0 unspecified atom stereocenters. The Bertz CT molecular complexity index is 691. The molecular formula is C20H32N6O2. The SMILES string of the molecule is NC(=O)N1CCC[C@H](C(=O)N2CCC(Cn3cc(C4CCCC4)nn3)CC2)C1. The first-order valence-electron chi connectivity index (χ1n) is 10.8. The van der Waals surface area contributed by atoms with Gasteiger partial charge in [0.25, 0.3) is 0 Å². The first kappa shape index (κ1) is 19.2. The molecule has 0 bridgehead atoms. The van der Waals surface area contributed by atoms with Gasteiger partial charge in [-0.2, -0.15) is 0 Å². The van der Waals surface area contributed by atoms with Gasteiger partial charge >= 0.3 is 6.03 Å². The minimum Gasteiger partial charge on any atom is -0.351 e. The summed E-state index contributed by atoms with van der Waals surface area (Å²) in [5.41, 5.74) is 6.54. The molecule has 1 aromatic heterocycles. The quantitative estimate of drug-likeness (QED) is 0.852. The van der Waals surface area contributed by atoms with Crippen molar-refractivity contribution in [3.63, 3.8) is 0 Å². The highest BCUT2D eigenvalue weighted by molar-refractivity contribution is 5.80. The topological polar surface area (TPSA) is 97.3 Å². The van der Waals surface area contributed by atoms with Gasteiger partial charge in [0.05, 0.1) is 11.6 Å². The molecule has 8 nitrogen and oxygen atoms in total. The zero-order valence-electron chi connectivity index (χ0n) is 16.6. The summed E-state index contributed by atoms with van der Waals surface area (Å²) in [7, 11) is 0. The molecular weight excluding hydrogens is 356 g/mol. The minimum atomic E-state index is -0.416. The summed E-state index contributed by atoms with van der Waals surface area (Å²) < 4.78 is 2.00. The van der Waals surface area contributed by atoms with Crippen LogP contribution in [0.2, 0.25) is 0 Å². The number of piperidine rings is 2. The van der Waals surface area contributed by atoms with Crippen molar-refractivity contribution in [1.82, 2.24) is 24.8 Å². The number of nitrogens with zero attached hydrogens (tertiary/aromatic N) is 5. The molecule has 8 heteroatoms. The Labute approximate surface area is 166 Å². The van der Waals surface area contributed by atoms with E-state index in [-0.39, 0.29) is 11.8 Å². The molecule has 0 spiro atoms. The van der Waals surface area contributed by atoms with Crippen LogP contribution < -0.4 is 5.73 Å². The number of aromatic nitrogens is 3. The van der Waals surface area contributed by atoms with Crippen molar-refractivity contribution in [3.05, 3.63) is 11.9 Å². The Morgan fingerprint density at radius 1 is 1.00 bits per heavy atom. The molecule has 4 rings (SSSR count). The van der Waals surface area contributed by atoms with Crippen molar-refractivity contribution >= 4 is 11.9 Å². The number of amides is 3. The second-order valence-corrected chi connectivity index (χ2v) is 8.74. The molecule has 1 atom stereocenters. The van der Waals surface area contributed by atoms with Gasteiger partial charge in [-0.05, 0) is 44.4 Å². The number of nitrogens with two attached hydrogens (primary N) is 1. The summed E-state index contributed by atoms with van der Waals surface area (Å²) in [6, 6.07) is -0.416. The van der Waals surface area contributed by atoms with Gasteiger partial charge in [-0.3, -0.25) is 9.48 Å². The number of likely N-dealkylation sites (tertiary alicyclic amines) is 2. The maximum atomic E-state index is 12.9. The van der Waals surface area contributed by atoms with E-state index < -0.39 is 6.03 Å². The summed E-state index contributed by atoms with van der Waals surface area (Å²) in [5, 5.41) is 8.74. The summed E-state index contributed by atoms with van der Waals surface area (Å²) in [6.07, 6.45) is 10.9. The van der Waals surface area contributed by atoms with Gasteiger partial charge in [-0.1, -0.05) is 18.1 Å². The second-order valence-electron chi connectivity index (χ2n) is 8.74. The van der Waals surface area contributed by atoms with Crippen molar-refractivity contribution in [3.8, 4) is 0 Å². The molecule has 0 aromatic carbocycles. The molecule has 2 aliphatic heterocycles. The van der Waals surface area contributed by atoms with Crippen LogP contribution in [0.15, 0.2) is 6.20 Å². The first-order chi connectivity index (χ1) is 13.6. The molecule has 1 aromatic rings. The Morgan fingerprint density at radius 3 is 2.46 bits per heavy atom. The molecule has 2 N–H and O–H groups in total. The number of carbonyl (C=O) groups is 2. The van der Waals surface area contributed by atoms with E-state index in [9.17, 15) is 9.59 Å².